The Balaban J connectivity index is 1.83. The molecule has 0 spiro atoms. The summed E-state index contributed by atoms with van der Waals surface area (Å²) >= 11 is 5.99. The second kappa shape index (κ2) is 5.39. The van der Waals surface area contributed by atoms with Crippen molar-refractivity contribution in [1.82, 2.24) is 0 Å². The van der Waals surface area contributed by atoms with E-state index in [9.17, 15) is 10.1 Å². The van der Waals surface area contributed by atoms with E-state index in [1.807, 2.05) is 30.3 Å². The van der Waals surface area contributed by atoms with Crippen LogP contribution in [0.5, 0.6) is 0 Å². The van der Waals surface area contributed by atoms with Gasteiger partial charge in [0.25, 0.3) is 5.69 Å². The van der Waals surface area contributed by atoms with E-state index in [-0.39, 0.29) is 22.6 Å². The van der Waals surface area contributed by atoms with Gasteiger partial charge in [0, 0.05) is 17.0 Å². The number of para-hydroxylation sites is 1. The lowest BCUT2D eigenvalue weighted by molar-refractivity contribution is -0.384. The van der Waals surface area contributed by atoms with Crippen molar-refractivity contribution in [1.29, 1.82) is 0 Å². The molecule has 1 aliphatic heterocycles. The number of benzene rings is 2. The summed E-state index contributed by atoms with van der Waals surface area (Å²) in [7, 11) is 0. The molecule has 3 atom stereocenters. The smallest absolute Gasteiger partial charge is 0.292 e. The topological polar surface area (TPSA) is 55.2 Å². The molecule has 1 N–H and O–H groups in total. The molecule has 2 aromatic rings. The molecule has 3 unspecified atom stereocenters. The molecule has 0 amide bonds. The van der Waals surface area contributed by atoms with E-state index < -0.39 is 0 Å². The fourth-order valence-electron chi connectivity index (χ4n) is 3.76. The van der Waals surface area contributed by atoms with Crippen LogP contribution in [-0.2, 0) is 0 Å². The van der Waals surface area contributed by atoms with Crippen LogP contribution in [-0.4, -0.2) is 4.92 Å². The molecule has 116 valence electrons. The first kappa shape index (κ1) is 14.3. The Morgan fingerprint density at radius 2 is 1.96 bits per heavy atom. The molecule has 0 radical (unpaired) electrons. The molecule has 0 saturated carbocycles. The van der Waals surface area contributed by atoms with Crippen LogP contribution in [0.3, 0.4) is 0 Å². The van der Waals surface area contributed by atoms with E-state index in [0.717, 1.165) is 17.5 Å². The number of anilines is 1. The van der Waals surface area contributed by atoms with Crippen molar-refractivity contribution in [3.05, 3.63) is 80.9 Å². The van der Waals surface area contributed by atoms with Crippen molar-refractivity contribution in [3.63, 3.8) is 0 Å². The van der Waals surface area contributed by atoms with Gasteiger partial charge in [-0.3, -0.25) is 10.1 Å². The minimum Gasteiger partial charge on any atom is -0.372 e. The monoisotopic (exact) mass is 326 g/mol. The normalized spacial score (nSPS) is 24.7. The second-order valence-corrected chi connectivity index (χ2v) is 6.46. The average molecular weight is 327 g/mol. The Hall–Kier alpha value is -2.33. The highest BCUT2D eigenvalue weighted by molar-refractivity contribution is 6.30. The summed E-state index contributed by atoms with van der Waals surface area (Å²) in [6, 6.07) is 13.1. The van der Waals surface area contributed by atoms with Gasteiger partial charge in [-0.1, -0.05) is 48.0 Å². The largest absolute Gasteiger partial charge is 0.372 e. The van der Waals surface area contributed by atoms with Gasteiger partial charge in [-0.15, -0.1) is 0 Å². The number of hydrogen-bond donors (Lipinski definition) is 1. The van der Waals surface area contributed by atoms with E-state index in [1.165, 1.54) is 0 Å². The van der Waals surface area contributed by atoms with E-state index in [1.54, 1.807) is 12.1 Å². The number of nitrogens with one attached hydrogen (secondary N) is 1. The first-order valence-corrected chi connectivity index (χ1v) is 7.99. The Labute approximate surface area is 138 Å². The SMILES string of the molecule is O=[N+]([O-])c1cccc2c1NC(c1ccc(Cl)cc1)C1CC=CC21. The number of allylic oxidation sites excluding steroid dienone is 2. The van der Waals surface area contributed by atoms with Crippen LogP contribution >= 0.6 is 11.6 Å². The van der Waals surface area contributed by atoms with Crippen molar-refractivity contribution in [2.75, 3.05) is 5.32 Å². The van der Waals surface area contributed by atoms with Crippen molar-refractivity contribution < 1.29 is 4.92 Å². The number of rotatable bonds is 2. The van der Waals surface area contributed by atoms with E-state index >= 15 is 0 Å². The fourth-order valence-corrected chi connectivity index (χ4v) is 3.88. The highest BCUT2D eigenvalue weighted by atomic mass is 35.5. The van der Waals surface area contributed by atoms with Gasteiger partial charge in [0.1, 0.15) is 5.69 Å². The summed E-state index contributed by atoms with van der Waals surface area (Å²) < 4.78 is 0. The fraction of sp³-hybridized carbons (Fsp3) is 0.222. The lowest BCUT2D eigenvalue weighted by atomic mass is 9.77. The minimum absolute atomic E-state index is 0.0425. The molecule has 4 nitrogen and oxygen atoms in total. The van der Waals surface area contributed by atoms with Gasteiger partial charge in [-0.2, -0.15) is 0 Å². The summed E-state index contributed by atoms with van der Waals surface area (Å²) in [5, 5.41) is 15.5. The Morgan fingerprint density at radius 1 is 1.17 bits per heavy atom. The van der Waals surface area contributed by atoms with Gasteiger partial charge in [0.2, 0.25) is 0 Å². The van der Waals surface area contributed by atoms with Crippen LogP contribution in [0.25, 0.3) is 0 Å². The summed E-state index contributed by atoms with van der Waals surface area (Å²) in [6.45, 7) is 0. The summed E-state index contributed by atoms with van der Waals surface area (Å²) in [5.41, 5.74) is 2.91. The van der Waals surface area contributed by atoms with Crippen molar-refractivity contribution in [2.24, 2.45) is 5.92 Å². The van der Waals surface area contributed by atoms with E-state index in [4.69, 9.17) is 11.6 Å². The lowest BCUT2D eigenvalue weighted by Gasteiger charge is -2.37. The lowest BCUT2D eigenvalue weighted by Crippen LogP contribution is -2.29. The number of hydrogen-bond acceptors (Lipinski definition) is 3. The molecular weight excluding hydrogens is 312 g/mol. The van der Waals surface area contributed by atoms with Gasteiger partial charge in [0.05, 0.1) is 11.0 Å². The molecular formula is C18H15ClN2O2. The zero-order chi connectivity index (χ0) is 16.0. The third-order valence-corrected chi connectivity index (χ3v) is 5.05. The van der Waals surface area contributed by atoms with Crippen LogP contribution in [0, 0.1) is 16.0 Å². The van der Waals surface area contributed by atoms with Gasteiger partial charge in [-0.05, 0) is 35.6 Å². The molecule has 0 aromatic heterocycles. The van der Waals surface area contributed by atoms with E-state index in [2.05, 4.69) is 17.5 Å². The van der Waals surface area contributed by atoms with E-state index in [0.29, 0.717) is 16.6 Å². The first-order chi connectivity index (χ1) is 11.1. The molecule has 0 fully saturated rings. The Kier molecular flexibility index (Phi) is 3.34. The van der Waals surface area contributed by atoms with Crippen LogP contribution in [0.15, 0.2) is 54.6 Å². The molecule has 1 heterocycles. The summed E-state index contributed by atoms with van der Waals surface area (Å²) in [6.07, 6.45) is 5.32. The van der Waals surface area contributed by atoms with Crippen molar-refractivity contribution >= 4 is 23.0 Å². The zero-order valence-corrected chi connectivity index (χ0v) is 13.0. The second-order valence-electron chi connectivity index (χ2n) is 6.03. The van der Waals surface area contributed by atoms with Gasteiger partial charge >= 0.3 is 0 Å². The number of fused-ring (bicyclic) bond motifs is 3. The minimum atomic E-state index is -0.316. The molecule has 0 saturated heterocycles. The molecule has 23 heavy (non-hydrogen) atoms. The van der Waals surface area contributed by atoms with Crippen LogP contribution in [0.2, 0.25) is 5.02 Å². The van der Waals surface area contributed by atoms with Crippen LogP contribution in [0.1, 0.15) is 29.5 Å². The third kappa shape index (κ3) is 2.30. The average Bonchev–Trinajstić information content (AvgIpc) is 3.04. The van der Waals surface area contributed by atoms with Crippen molar-refractivity contribution in [3.8, 4) is 0 Å². The van der Waals surface area contributed by atoms with Gasteiger partial charge in [0.15, 0.2) is 0 Å². The molecule has 1 aliphatic carbocycles. The van der Waals surface area contributed by atoms with Crippen LogP contribution in [0.4, 0.5) is 11.4 Å². The number of nitrogens with zero attached hydrogens (tertiary/aromatic N) is 1. The van der Waals surface area contributed by atoms with Crippen LogP contribution < -0.4 is 5.32 Å². The summed E-state index contributed by atoms with van der Waals surface area (Å²) in [4.78, 5) is 11.1. The number of halogens is 1. The quantitative estimate of drug-likeness (QED) is 0.476. The summed E-state index contributed by atoms with van der Waals surface area (Å²) in [5.74, 6) is 0.581. The molecule has 0 bridgehead atoms. The highest BCUT2D eigenvalue weighted by Crippen LogP contribution is 2.51. The number of nitro benzene ring substituents is 1. The number of nitro groups is 1. The van der Waals surface area contributed by atoms with Crippen molar-refractivity contribution in [2.45, 2.75) is 18.4 Å². The standard InChI is InChI=1S/C18H15ClN2O2/c19-12-9-7-11(8-10-12)17-14-4-1-3-13(14)15-5-2-6-16(21(22)23)18(15)20-17/h1-3,5-10,13-14,17,20H,4H2. The Morgan fingerprint density at radius 3 is 2.70 bits per heavy atom. The predicted octanol–water partition coefficient (Wildman–Crippen LogP) is 5.07. The predicted molar refractivity (Wildman–Crippen MR) is 90.9 cm³/mol. The third-order valence-electron chi connectivity index (χ3n) is 4.80. The first-order valence-electron chi connectivity index (χ1n) is 7.61. The maximum absolute atomic E-state index is 11.4. The van der Waals surface area contributed by atoms with Gasteiger partial charge in [-0.25, -0.2) is 0 Å². The molecule has 5 heteroatoms. The molecule has 2 aromatic carbocycles. The maximum atomic E-state index is 11.4. The zero-order valence-electron chi connectivity index (χ0n) is 12.3. The molecule has 4 rings (SSSR count). The maximum Gasteiger partial charge on any atom is 0.292 e. The van der Waals surface area contributed by atoms with Gasteiger partial charge < -0.3 is 5.32 Å². The highest BCUT2D eigenvalue weighted by Gasteiger charge is 2.40. The Bertz CT molecular complexity index is 801. The molecule has 2 aliphatic rings.